The molecule has 8 heteroatoms. The number of piperazine rings is 1. The Morgan fingerprint density at radius 3 is 2.72 bits per heavy atom. The highest BCUT2D eigenvalue weighted by Gasteiger charge is 2.28. The molecule has 1 aromatic heterocycles. The van der Waals surface area contributed by atoms with Crippen LogP contribution in [0.3, 0.4) is 0 Å². The molecule has 2 rings (SSSR count). The van der Waals surface area contributed by atoms with Gasteiger partial charge in [0.15, 0.2) is 0 Å². The molecule has 5 nitrogen and oxygen atoms in total. The van der Waals surface area contributed by atoms with Gasteiger partial charge in [-0.15, -0.1) is 11.3 Å². The van der Waals surface area contributed by atoms with Gasteiger partial charge in [-0.3, -0.25) is 0 Å². The van der Waals surface area contributed by atoms with Crippen LogP contribution in [-0.4, -0.2) is 50.3 Å². The Morgan fingerprint density at radius 2 is 2.17 bits per heavy atom. The summed E-state index contributed by atoms with van der Waals surface area (Å²) in [6.45, 7) is 2.93. The summed E-state index contributed by atoms with van der Waals surface area (Å²) in [5.74, 6) is 0. The van der Waals surface area contributed by atoms with Crippen LogP contribution in [0, 0.1) is 0 Å². The van der Waals surface area contributed by atoms with Gasteiger partial charge in [0.1, 0.15) is 0 Å². The summed E-state index contributed by atoms with van der Waals surface area (Å²) in [6, 6.07) is 1.95. The summed E-state index contributed by atoms with van der Waals surface area (Å²) in [7, 11) is -1.71. The number of hydrogen-bond donors (Lipinski definition) is 1. The Hall–Kier alpha value is 0.01000. The molecular formula is C10H16BrN3O2S2. The van der Waals surface area contributed by atoms with Gasteiger partial charge < -0.3 is 5.32 Å². The Bertz CT molecular complexity index is 497. The molecule has 0 spiro atoms. The van der Waals surface area contributed by atoms with E-state index in [1.54, 1.807) is 18.4 Å². The van der Waals surface area contributed by atoms with Crippen LogP contribution in [0.5, 0.6) is 0 Å². The second-order valence-electron chi connectivity index (χ2n) is 4.17. The largest absolute Gasteiger partial charge is 0.314 e. The quantitative estimate of drug-likeness (QED) is 0.881. The number of nitrogens with one attached hydrogen (secondary N) is 1. The standard InChI is InChI=1S/C10H16BrN3O2S2/c1-13(7-9-6-10(11)17-8-9)18(15,16)14-4-2-12-3-5-14/h6,8,12H,2-5,7H2,1H3. The molecule has 1 aliphatic heterocycles. The van der Waals surface area contributed by atoms with Crippen molar-refractivity contribution in [3.63, 3.8) is 0 Å². The van der Waals surface area contributed by atoms with Gasteiger partial charge in [0.2, 0.25) is 0 Å². The molecule has 18 heavy (non-hydrogen) atoms. The fraction of sp³-hybridized carbons (Fsp3) is 0.600. The normalized spacial score (nSPS) is 18.4. The van der Waals surface area contributed by atoms with Crippen LogP contribution in [0.1, 0.15) is 5.56 Å². The van der Waals surface area contributed by atoms with Gasteiger partial charge in [0, 0.05) is 39.8 Å². The van der Waals surface area contributed by atoms with E-state index in [0.717, 1.165) is 22.4 Å². The molecule has 0 amide bonds. The van der Waals surface area contributed by atoms with Crippen LogP contribution < -0.4 is 5.32 Å². The summed E-state index contributed by atoms with van der Waals surface area (Å²) < 4.78 is 28.6. The fourth-order valence-electron chi connectivity index (χ4n) is 1.84. The summed E-state index contributed by atoms with van der Waals surface area (Å²) in [6.07, 6.45) is 0. The predicted molar refractivity (Wildman–Crippen MR) is 76.8 cm³/mol. The zero-order valence-electron chi connectivity index (χ0n) is 10.1. The van der Waals surface area contributed by atoms with Gasteiger partial charge in [-0.25, -0.2) is 0 Å². The minimum atomic E-state index is -3.33. The number of hydrogen-bond acceptors (Lipinski definition) is 4. The van der Waals surface area contributed by atoms with Crippen LogP contribution in [0.15, 0.2) is 15.2 Å². The van der Waals surface area contributed by atoms with Crippen LogP contribution in [-0.2, 0) is 16.8 Å². The van der Waals surface area contributed by atoms with Crippen molar-refractivity contribution in [1.29, 1.82) is 0 Å². The van der Waals surface area contributed by atoms with E-state index >= 15 is 0 Å². The maximum Gasteiger partial charge on any atom is 0.282 e. The minimum Gasteiger partial charge on any atom is -0.314 e. The summed E-state index contributed by atoms with van der Waals surface area (Å²) in [5, 5.41) is 5.12. The minimum absolute atomic E-state index is 0.411. The first-order chi connectivity index (χ1) is 8.50. The van der Waals surface area contributed by atoms with E-state index in [1.807, 2.05) is 11.4 Å². The van der Waals surface area contributed by atoms with E-state index < -0.39 is 10.2 Å². The summed E-state index contributed by atoms with van der Waals surface area (Å²) in [5.41, 5.74) is 1.01. The molecule has 1 aliphatic rings. The molecule has 1 saturated heterocycles. The third-order valence-corrected chi connectivity index (χ3v) is 6.31. The SMILES string of the molecule is CN(Cc1csc(Br)c1)S(=O)(=O)N1CCNCC1. The van der Waals surface area contributed by atoms with E-state index in [0.29, 0.717) is 19.6 Å². The number of thiophene rings is 1. The number of rotatable bonds is 4. The van der Waals surface area contributed by atoms with Crippen LogP contribution >= 0.6 is 27.3 Å². The van der Waals surface area contributed by atoms with Crippen molar-refractivity contribution in [3.8, 4) is 0 Å². The molecule has 102 valence electrons. The lowest BCUT2D eigenvalue weighted by atomic mass is 10.3. The first kappa shape index (κ1) is 14.4. The van der Waals surface area contributed by atoms with Crippen molar-refractivity contribution in [2.45, 2.75) is 6.54 Å². The fourth-order valence-corrected chi connectivity index (χ4v) is 4.39. The Morgan fingerprint density at radius 1 is 1.50 bits per heavy atom. The lowest BCUT2D eigenvalue weighted by molar-refractivity contribution is 0.324. The summed E-state index contributed by atoms with van der Waals surface area (Å²) in [4.78, 5) is 0. The van der Waals surface area contributed by atoms with Gasteiger partial charge in [-0.1, -0.05) is 0 Å². The summed E-state index contributed by atoms with van der Waals surface area (Å²) >= 11 is 4.95. The third kappa shape index (κ3) is 3.31. The number of nitrogens with zero attached hydrogens (tertiary/aromatic N) is 2. The van der Waals surface area contributed by atoms with E-state index in [1.165, 1.54) is 8.61 Å². The van der Waals surface area contributed by atoms with Gasteiger partial charge in [0.05, 0.1) is 3.79 Å². The lowest BCUT2D eigenvalue weighted by Gasteiger charge is -2.30. The molecule has 0 aliphatic carbocycles. The molecule has 1 fully saturated rings. The van der Waals surface area contributed by atoms with Gasteiger partial charge in [0.25, 0.3) is 10.2 Å². The maximum absolute atomic E-state index is 12.3. The van der Waals surface area contributed by atoms with Crippen molar-refractivity contribution in [3.05, 3.63) is 20.8 Å². The maximum atomic E-state index is 12.3. The zero-order valence-corrected chi connectivity index (χ0v) is 13.3. The molecule has 0 unspecified atom stereocenters. The van der Waals surface area contributed by atoms with Crippen molar-refractivity contribution in [2.24, 2.45) is 0 Å². The van der Waals surface area contributed by atoms with E-state index in [4.69, 9.17) is 0 Å². The van der Waals surface area contributed by atoms with Gasteiger partial charge in [-0.2, -0.15) is 17.0 Å². The average Bonchev–Trinajstić information content (AvgIpc) is 2.76. The van der Waals surface area contributed by atoms with Gasteiger partial charge >= 0.3 is 0 Å². The smallest absolute Gasteiger partial charge is 0.282 e. The Labute approximate surface area is 120 Å². The first-order valence-electron chi connectivity index (χ1n) is 5.65. The monoisotopic (exact) mass is 353 g/mol. The van der Waals surface area contributed by atoms with E-state index in [9.17, 15) is 8.42 Å². The van der Waals surface area contributed by atoms with E-state index in [2.05, 4.69) is 21.2 Å². The van der Waals surface area contributed by atoms with E-state index in [-0.39, 0.29) is 0 Å². The highest BCUT2D eigenvalue weighted by molar-refractivity contribution is 9.11. The third-order valence-electron chi connectivity index (χ3n) is 2.82. The molecule has 0 bridgehead atoms. The molecule has 1 N–H and O–H groups in total. The van der Waals surface area contributed by atoms with Gasteiger partial charge in [-0.05, 0) is 32.9 Å². The predicted octanol–water partition coefficient (Wildman–Crippen LogP) is 1.09. The lowest BCUT2D eigenvalue weighted by Crippen LogP contribution is -2.50. The second kappa shape index (κ2) is 5.98. The Kier molecular flexibility index (Phi) is 4.79. The van der Waals surface area contributed by atoms with Crippen molar-refractivity contribution in [2.75, 3.05) is 33.2 Å². The highest BCUT2D eigenvalue weighted by Crippen LogP contribution is 2.22. The molecule has 1 aromatic rings. The molecule has 0 saturated carbocycles. The molecular weight excluding hydrogens is 338 g/mol. The van der Waals surface area contributed by atoms with Crippen molar-refractivity contribution in [1.82, 2.24) is 13.9 Å². The van der Waals surface area contributed by atoms with Crippen molar-refractivity contribution < 1.29 is 8.42 Å². The Balaban J connectivity index is 2.04. The molecule has 0 radical (unpaired) electrons. The average molecular weight is 354 g/mol. The molecule has 2 heterocycles. The first-order valence-corrected chi connectivity index (χ1v) is 8.72. The van der Waals surface area contributed by atoms with Crippen LogP contribution in [0.2, 0.25) is 0 Å². The second-order valence-corrected chi connectivity index (χ2v) is 8.50. The topological polar surface area (TPSA) is 52.7 Å². The molecule has 0 aromatic carbocycles. The van der Waals surface area contributed by atoms with Crippen LogP contribution in [0.25, 0.3) is 0 Å². The van der Waals surface area contributed by atoms with Crippen molar-refractivity contribution >= 4 is 37.5 Å². The highest BCUT2D eigenvalue weighted by atomic mass is 79.9. The molecule has 0 atom stereocenters. The number of halogens is 1. The van der Waals surface area contributed by atoms with Crippen LogP contribution in [0.4, 0.5) is 0 Å². The zero-order chi connectivity index (χ0) is 13.2.